The minimum atomic E-state index is -0.482. The first kappa shape index (κ1) is 13.9. The number of H-pyrrole nitrogens is 1. The second-order valence-electron chi connectivity index (χ2n) is 4.96. The smallest absolute Gasteiger partial charge is 0.280 e. The number of nitrogens with one attached hydrogen (secondary N) is 1. The van der Waals surface area contributed by atoms with E-state index in [0.717, 1.165) is 0 Å². The van der Waals surface area contributed by atoms with Crippen molar-refractivity contribution in [1.82, 2.24) is 9.97 Å². The van der Waals surface area contributed by atoms with Crippen molar-refractivity contribution in [2.75, 3.05) is 0 Å². The van der Waals surface area contributed by atoms with Gasteiger partial charge in [-0.3, -0.25) is 14.9 Å². The molecule has 1 aromatic carbocycles. The minimum Gasteiger partial charge on any atom is -0.306 e. The highest BCUT2D eigenvalue weighted by atomic mass is 16.6. The van der Waals surface area contributed by atoms with Gasteiger partial charge in [0.2, 0.25) is 0 Å². The Balaban J connectivity index is 2.56. The number of benzene rings is 1. The van der Waals surface area contributed by atoms with Gasteiger partial charge in [-0.2, -0.15) is 0 Å². The number of hydrogen-bond acceptors (Lipinski definition) is 4. The van der Waals surface area contributed by atoms with Crippen LogP contribution in [0.15, 0.2) is 35.1 Å². The van der Waals surface area contributed by atoms with Gasteiger partial charge in [0.25, 0.3) is 11.2 Å². The van der Waals surface area contributed by atoms with Crippen LogP contribution in [0.1, 0.15) is 19.5 Å². The van der Waals surface area contributed by atoms with Crippen LogP contribution in [0.2, 0.25) is 0 Å². The predicted molar refractivity (Wildman–Crippen MR) is 75.5 cm³/mol. The molecule has 0 bridgehead atoms. The first-order valence-corrected chi connectivity index (χ1v) is 6.31. The summed E-state index contributed by atoms with van der Waals surface area (Å²) in [5.74, 6) is 0.586. The summed E-state index contributed by atoms with van der Waals surface area (Å²) in [6, 6.07) is 7.66. The van der Waals surface area contributed by atoms with Gasteiger partial charge in [0.1, 0.15) is 5.82 Å². The number of nitro groups is 1. The van der Waals surface area contributed by atoms with E-state index in [4.69, 9.17) is 0 Å². The molecule has 20 heavy (non-hydrogen) atoms. The summed E-state index contributed by atoms with van der Waals surface area (Å²) >= 11 is 0. The number of rotatable bonds is 4. The zero-order valence-electron chi connectivity index (χ0n) is 11.3. The topological polar surface area (TPSA) is 88.9 Å². The molecule has 0 unspecified atom stereocenters. The number of nitrogens with zero attached hydrogens (tertiary/aromatic N) is 2. The van der Waals surface area contributed by atoms with Crippen molar-refractivity contribution in [3.8, 4) is 11.4 Å². The third-order valence-electron chi connectivity index (χ3n) is 2.77. The van der Waals surface area contributed by atoms with Crippen LogP contribution in [0, 0.1) is 16.0 Å². The number of aromatic amines is 1. The Labute approximate surface area is 115 Å². The van der Waals surface area contributed by atoms with E-state index >= 15 is 0 Å². The van der Waals surface area contributed by atoms with Crippen LogP contribution in [-0.4, -0.2) is 14.9 Å². The largest absolute Gasteiger partial charge is 0.306 e. The molecular weight excluding hydrogens is 258 g/mol. The van der Waals surface area contributed by atoms with Crippen molar-refractivity contribution in [3.05, 3.63) is 56.5 Å². The SMILES string of the molecule is CC(C)Cc1cc(=O)[nH]c(-c2ccccc2[N+](=O)[O-])n1. The van der Waals surface area contributed by atoms with E-state index in [0.29, 0.717) is 23.6 Å². The van der Waals surface area contributed by atoms with Crippen molar-refractivity contribution in [2.24, 2.45) is 5.92 Å². The molecular formula is C14H15N3O3. The molecule has 0 fully saturated rings. The maximum Gasteiger partial charge on any atom is 0.280 e. The molecule has 0 aliphatic carbocycles. The van der Waals surface area contributed by atoms with Crippen LogP contribution in [0.5, 0.6) is 0 Å². The van der Waals surface area contributed by atoms with Crippen LogP contribution in [0.4, 0.5) is 5.69 Å². The van der Waals surface area contributed by atoms with E-state index in [1.807, 2.05) is 13.8 Å². The van der Waals surface area contributed by atoms with E-state index < -0.39 is 4.92 Å². The van der Waals surface area contributed by atoms with Gasteiger partial charge in [-0.25, -0.2) is 4.98 Å². The lowest BCUT2D eigenvalue weighted by atomic mass is 10.1. The molecule has 6 heteroatoms. The van der Waals surface area contributed by atoms with Gasteiger partial charge in [-0.15, -0.1) is 0 Å². The maximum atomic E-state index is 11.7. The van der Waals surface area contributed by atoms with E-state index in [2.05, 4.69) is 9.97 Å². The van der Waals surface area contributed by atoms with E-state index in [1.54, 1.807) is 18.2 Å². The second-order valence-corrected chi connectivity index (χ2v) is 4.96. The lowest BCUT2D eigenvalue weighted by Crippen LogP contribution is -2.12. The summed E-state index contributed by atoms with van der Waals surface area (Å²) in [7, 11) is 0. The molecule has 2 rings (SSSR count). The van der Waals surface area contributed by atoms with Crippen LogP contribution < -0.4 is 5.56 Å². The highest BCUT2D eigenvalue weighted by molar-refractivity contribution is 5.67. The lowest BCUT2D eigenvalue weighted by Gasteiger charge is -2.06. The number of hydrogen-bond donors (Lipinski definition) is 1. The summed E-state index contributed by atoms with van der Waals surface area (Å²) in [6.45, 7) is 4.04. The standard InChI is InChI=1S/C14H15N3O3/c1-9(2)7-10-8-13(18)16-14(15-10)11-5-3-4-6-12(11)17(19)20/h3-6,8-9H,7H2,1-2H3,(H,15,16,18). The van der Waals surface area contributed by atoms with Crippen LogP contribution >= 0.6 is 0 Å². The zero-order chi connectivity index (χ0) is 14.7. The molecule has 1 aromatic heterocycles. The Kier molecular flexibility index (Phi) is 3.93. The van der Waals surface area contributed by atoms with Gasteiger partial charge in [-0.1, -0.05) is 26.0 Å². The highest BCUT2D eigenvalue weighted by Gasteiger charge is 2.16. The number of nitro benzene ring substituents is 1. The van der Waals surface area contributed by atoms with Crippen molar-refractivity contribution >= 4 is 5.69 Å². The number of aromatic nitrogens is 2. The van der Waals surface area contributed by atoms with Gasteiger partial charge in [0.15, 0.2) is 0 Å². The fourth-order valence-electron chi connectivity index (χ4n) is 1.99. The summed E-state index contributed by atoms with van der Waals surface area (Å²) in [4.78, 5) is 29.1. The summed E-state index contributed by atoms with van der Waals surface area (Å²) in [5, 5.41) is 11.0. The molecule has 104 valence electrons. The summed E-state index contributed by atoms with van der Waals surface area (Å²) in [5.41, 5.74) is 0.582. The Morgan fingerprint density at radius 2 is 2.05 bits per heavy atom. The van der Waals surface area contributed by atoms with Crippen LogP contribution in [0.25, 0.3) is 11.4 Å². The average Bonchev–Trinajstić information content (AvgIpc) is 2.37. The first-order valence-electron chi connectivity index (χ1n) is 6.31. The van der Waals surface area contributed by atoms with Crippen LogP contribution in [-0.2, 0) is 6.42 Å². The molecule has 0 saturated heterocycles. The molecule has 1 N–H and O–H groups in total. The molecule has 6 nitrogen and oxygen atoms in total. The van der Waals surface area contributed by atoms with Gasteiger partial charge in [-0.05, 0) is 18.4 Å². The zero-order valence-corrected chi connectivity index (χ0v) is 11.3. The van der Waals surface area contributed by atoms with Gasteiger partial charge >= 0.3 is 0 Å². The van der Waals surface area contributed by atoms with Crippen molar-refractivity contribution in [1.29, 1.82) is 0 Å². The van der Waals surface area contributed by atoms with E-state index in [9.17, 15) is 14.9 Å². The van der Waals surface area contributed by atoms with Crippen LogP contribution in [0.3, 0.4) is 0 Å². The summed E-state index contributed by atoms with van der Waals surface area (Å²) in [6.07, 6.45) is 0.650. The third-order valence-corrected chi connectivity index (χ3v) is 2.77. The molecule has 0 radical (unpaired) electrons. The molecule has 1 heterocycles. The quantitative estimate of drug-likeness (QED) is 0.684. The first-order chi connectivity index (χ1) is 9.47. The molecule has 0 spiro atoms. The average molecular weight is 273 g/mol. The predicted octanol–water partition coefficient (Wildman–Crippen LogP) is 2.54. The molecule has 0 aliphatic rings. The van der Waals surface area contributed by atoms with Crippen molar-refractivity contribution in [2.45, 2.75) is 20.3 Å². The third kappa shape index (κ3) is 3.09. The minimum absolute atomic E-state index is 0.0719. The lowest BCUT2D eigenvalue weighted by molar-refractivity contribution is -0.384. The normalized spacial score (nSPS) is 10.8. The van der Waals surface area contributed by atoms with E-state index in [-0.39, 0.29) is 17.1 Å². The molecule has 0 amide bonds. The van der Waals surface area contributed by atoms with E-state index in [1.165, 1.54) is 12.1 Å². The monoisotopic (exact) mass is 273 g/mol. The highest BCUT2D eigenvalue weighted by Crippen LogP contribution is 2.26. The Hall–Kier alpha value is -2.50. The fraction of sp³-hybridized carbons (Fsp3) is 0.286. The molecule has 2 aromatic rings. The summed E-state index contributed by atoms with van der Waals surface area (Å²) < 4.78 is 0. The van der Waals surface area contributed by atoms with Gasteiger partial charge in [0, 0.05) is 17.8 Å². The van der Waals surface area contributed by atoms with Gasteiger partial charge < -0.3 is 4.98 Å². The second kappa shape index (κ2) is 5.64. The van der Waals surface area contributed by atoms with Gasteiger partial charge in [0.05, 0.1) is 10.5 Å². The fourth-order valence-corrected chi connectivity index (χ4v) is 1.99. The molecule has 0 atom stereocenters. The van der Waals surface area contributed by atoms with Crippen molar-refractivity contribution in [3.63, 3.8) is 0 Å². The molecule has 0 saturated carbocycles. The Morgan fingerprint density at radius 3 is 2.70 bits per heavy atom. The Bertz CT molecular complexity index is 692. The number of para-hydroxylation sites is 1. The maximum absolute atomic E-state index is 11.7. The van der Waals surface area contributed by atoms with Crippen molar-refractivity contribution < 1.29 is 4.92 Å². The molecule has 0 aliphatic heterocycles. The Morgan fingerprint density at radius 1 is 1.35 bits per heavy atom.